The number of nitro benzene ring substituents is 1. The smallest absolute Gasteiger partial charge is 0.273 e. The average Bonchev–Trinajstić information content (AvgIpc) is 3.58. The third-order valence-electron chi connectivity index (χ3n) is 5.96. The molecule has 202 valence electrons. The molecule has 0 unspecified atom stereocenters. The molecule has 5 rings (SSSR count). The summed E-state index contributed by atoms with van der Waals surface area (Å²) in [5.41, 5.74) is 0.610. The third kappa shape index (κ3) is 5.68. The molecule has 10 nitrogen and oxygen atoms in total. The van der Waals surface area contributed by atoms with Crippen LogP contribution in [0, 0.1) is 21.4 Å². The number of ether oxygens (including phenoxy) is 1. The van der Waals surface area contributed by atoms with Gasteiger partial charge in [-0.05, 0) is 36.4 Å². The molecule has 0 atom stereocenters. The monoisotopic (exact) mass is 564 g/mol. The van der Waals surface area contributed by atoms with Crippen LogP contribution in [0.5, 0.6) is 5.75 Å². The predicted octanol–water partition coefficient (Wildman–Crippen LogP) is 4.22. The Labute approximate surface area is 236 Å². The lowest BCUT2D eigenvalue weighted by Gasteiger charge is -2.07. The molecular formula is C30H20N4O6S. The number of thiazole rings is 1. The number of carbonyl (C=O) groups is 1. The van der Waals surface area contributed by atoms with Gasteiger partial charge in [0.1, 0.15) is 28.0 Å². The number of nitriles is 1. The van der Waals surface area contributed by atoms with E-state index in [-0.39, 0.29) is 20.5 Å². The van der Waals surface area contributed by atoms with Gasteiger partial charge >= 0.3 is 0 Å². The van der Waals surface area contributed by atoms with E-state index >= 15 is 0 Å². The SMILES string of the molecule is COc1cccc(NC(=O)/C(C#N)=c2\s/c(=C/c3ccc(-c4cccc([N+](=O)[O-])c4)o3)c(=O)n2-c2ccccc2)c1. The minimum atomic E-state index is -0.691. The van der Waals surface area contributed by atoms with E-state index in [4.69, 9.17) is 9.15 Å². The molecule has 2 aromatic heterocycles. The second-order valence-electron chi connectivity index (χ2n) is 8.57. The molecule has 1 amide bonds. The Balaban J connectivity index is 1.63. The summed E-state index contributed by atoms with van der Waals surface area (Å²) in [4.78, 5) is 37.5. The van der Waals surface area contributed by atoms with Gasteiger partial charge in [0.05, 0.1) is 22.3 Å². The van der Waals surface area contributed by atoms with Crippen molar-refractivity contribution in [2.75, 3.05) is 12.4 Å². The van der Waals surface area contributed by atoms with Gasteiger partial charge in [-0.15, -0.1) is 11.3 Å². The molecule has 1 N–H and O–H groups in total. The fraction of sp³-hybridized carbons (Fsp3) is 0.0333. The number of non-ortho nitro benzene ring substituents is 1. The molecule has 0 aliphatic rings. The van der Waals surface area contributed by atoms with E-state index in [2.05, 4.69) is 5.32 Å². The first-order valence-electron chi connectivity index (χ1n) is 12.1. The lowest BCUT2D eigenvalue weighted by atomic mass is 10.1. The predicted molar refractivity (Wildman–Crippen MR) is 154 cm³/mol. The summed E-state index contributed by atoms with van der Waals surface area (Å²) in [6.45, 7) is 0. The molecule has 11 heteroatoms. The Kier molecular flexibility index (Phi) is 7.58. The van der Waals surface area contributed by atoms with Crippen LogP contribution in [0.15, 0.2) is 100 Å². The Morgan fingerprint density at radius 3 is 2.59 bits per heavy atom. The van der Waals surface area contributed by atoms with Crippen LogP contribution < -0.4 is 24.8 Å². The van der Waals surface area contributed by atoms with Crippen molar-refractivity contribution in [1.29, 1.82) is 5.26 Å². The molecule has 2 heterocycles. The van der Waals surface area contributed by atoms with Crippen LogP contribution >= 0.6 is 11.3 Å². The Hall–Kier alpha value is -5.73. The van der Waals surface area contributed by atoms with Gasteiger partial charge in [-0.1, -0.05) is 36.4 Å². The van der Waals surface area contributed by atoms with Crippen molar-refractivity contribution >= 4 is 40.3 Å². The number of carbonyl (C=O) groups excluding carboxylic acids is 1. The lowest BCUT2D eigenvalue weighted by molar-refractivity contribution is -0.384. The van der Waals surface area contributed by atoms with Crippen LogP contribution in [0.2, 0.25) is 0 Å². The van der Waals surface area contributed by atoms with Gasteiger partial charge in [-0.3, -0.25) is 24.3 Å². The summed E-state index contributed by atoms with van der Waals surface area (Å²) in [5, 5.41) is 23.9. The molecule has 0 radical (unpaired) electrons. The number of aromatic nitrogens is 1. The number of para-hydroxylation sites is 1. The quantitative estimate of drug-likeness (QED) is 0.231. The highest BCUT2D eigenvalue weighted by atomic mass is 32.1. The summed E-state index contributed by atoms with van der Waals surface area (Å²) in [5.74, 6) is 0.528. The van der Waals surface area contributed by atoms with Crippen molar-refractivity contribution in [1.82, 2.24) is 4.57 Å². The van der Waals surface area contributed by atoms with Crippen LogP contribution in [0.3, 0.4) is 0 Å². The van der Waals surface area contributed by atoms with Crippen molar-refractivity contribution in [3.8, 4) is 28.8 Å². The van der Waals surface area contributed by atoms with E-state index in [1.54, 1.807) is 78.9 Å². The van der Waals surface area contributed by atoms with Gasteiger partial charge < -0.3 is 14.5 Å². The van der Waals surface area contributed by atoms with Gasteiger partial charge in [0.15, 0.2) is 5.57 Å². The van der Waals surface area contributed by atoms with Crippen molar-refractivity contribution in [2.24, 2.45) is 0 Å². The third-order valence-corrected chi connectivity index (χ3v) is 7.05. The number of nitrogens with one attached hydrogen (secondary N) is 1. The minimum Gasteiger partial charge on any atom is -0.497 e. The second kappa shape index (κ2) is 11.6. The zero-order valence-corrected chi connectivity index (χ0v) is 22.3. The van der Waals surface area contributed by atoms with Crippen molar-refractivity contribution in [3.63, 3.8) is 0 Å². The first-order valence-corrected chi connectivity index (χ1v) is 12.9. The lowest BCUT2D eigenvalue weighted by Crippen LogP contribution is -2.32. The van der Waals surface area contributed by atoms with Crippen molar-refractivity contribution < 1.29 is 18.9 Å². The van der Waals surface area contributed by atoms with Crippen LogP contribution in [-0.4, -0.2) is 22.5 Å². The number of anilines is 1. The normalized spacial score (nSPS) is 12.0. The molecule has 0 aliphatic carbocycles. The summed E-state index contributed by atoms with van der Waals surface area (Å²) in [7, 11) is 1.50. The van der Waals surface area contributed by atoms with Crippen molar-refractivity contribution in [3.05, 3.63) is 126 Å². The molecular weight excluding hydrogens is 544 g/mol. The molecule has 0 fully saturated rings. The summed E-state index contributed by atoms with van der Waals surface area (Å²) < 4.78 is 12.7. The number of methoxy groups -OCH3 is 1. The summed E-state index contributed by atoms with van der Waals surface area (Å²) >= 11 is 0.967. The fourth-order valence-corrected chi connectivity index (χ4v) is 5.12. The topological polar surface area (TPSA) is 140 Å². The highest BCUT2D eigenvalue weighted by Crippen LogP contribution is 2.26. The molecule has 0 aliphatic heterocycles. The van der Waals surface area contributed by atoms with E-state index in [1.165, 1.54) is 29.9 Å². The second-order valence-corrected chi connectivity index (χ2v) is 9.60. The van der Waals surface area contributed by atoms with Crippen LogP contribution in [-0.2, 0) is 4.79 Å². The molecule has 0 saturated carbocycles. The Bertz CT molecular complexity index is 2000. The van der Waals surface area contributed by atoms with E-state index in [1.807, 2.05) is 6.07 Å². The highest BCUT2D eigenvalue weighted by molar-refractivity contribution is 7.07. The molecule has 41 heavy (non-hydrogen) atoms. The van der Waals surface area contributed by atoms with Crippen molar-refractivity contribution in [2.45, 2.75) is 0 Å². The number of hydrogen-bond acceptors (Lipinski definition) is 8. The number of nitro groups is 1. The first kappa shape index (κ1) is 26.9. The first-order chi connectivity index (χ1) is 19.9. The molecule has 0 bridgehead atoms. The minimum absolute atomic E-state index is 0.0788. The number of amides is 1. The summed E-state index contributed by atoms with van der Waals surface area (Å²) in [6.07, 6.45) is 1.51. The standard InChI is InChI=1S/C30H20N4O6S/c1-39-23-12-6-8-20(16-23)32-28(35)25(18-31)30-33(21-9-3-2-4-10-21)29(36)27(41-30)17-24-13-14-26(40-24)19-7-5-11-22(15-19)34(37)38/h2-17H,1H3,(H,32,35)/b27-17+,30-25-. The van der Waals surface area contributed by atoms with E-state index < -0.39 is 16.4 Å². The van der Waals surface area contributed by atoms with Gasteiger partial charge in [-0.2, -0.15) is 5.26 Å². The van der Waals surface area contributed by atoms with Crippen LogP contribution in [0.25, 0.3) is 28.7 Å². The zero-order valence-electron chi connectivity index (χ0n) is 21.4. The fourth-order valence-electron chi connectivity index (χ4n) is 4.04. The van der Waals surface area contributed by atoms with Gasteiger partial charge in [0.2, 0.25) is 0 Å². The number of hydrogen-bond donors (Lipinski definition) is 1. The number of benzene rings is 3. The largest absolute Gasteiger partial charge is 0.497 e. The van der Waals surface area contributed by atoms with E-state index in [0.29, 0.717) is 34.2 Å². The molecule has 5 aromatic rings. The molecule has 3 aromatic carbocycles. The maximum absolute atomic E-state index is 13.6. The van der Waals surface area contributed by atoms with Crippen LogP contribution in [0.4, 0.5) is 11.4 Å². The summed E-state index contributed by atoms with van der Waals surface area (Å²) in [6, 6.07) is 26.6. The van der Waals surface area contributed by atoms with Gasteiger partial charge in [-0.25, -0.2) is 0 Å². The number of nitrogens with zero attached hydrogens (tertiary/aromatic N) is 3. The van der Waals surface area contributed by atoms with Gasteiger partial charge in [0, 0.05) is 35.5 Å². The van der Waals surface area contributed by atoms with Gasteiger partial charge in [0.25, 0.3) is 17.2 Å². The maximum Gasteiger partial charge on any atom is 0.273 e. The zero-order chi connectivity index (χ0) is 28.9. The van der Waals surface area contributed by atoms with E-state index in [0.717, 1.165) is 11.3 Å². The van der Waals surface area contributed by atoms with Crippen LogP contribution in [0.1, 0.15) is 5.76 Å². The highest BCUT2D eigenvalue weighted by Gasteiger charge is 2.18. The number of rotatable bonds is 7. The molecule has 0 saturated heterocycles. The molecule has 0 spiro atoms. The Morgan fingerprint density at radius 1 is 1.07 bits per heavy atom. The Morgan fingerprint density at radius 2 is 1.85 bits per heavy atom. The maximum atomic E-state index is 13.6. The van der Waals surface area contributed by atoms with E-state index in [9.17, 15) is 25.0 Å². The average molecular weight is 565 g/mol. The number of furan rings is 1.